The van der Waals surface area contributed by atoms with Gasteiger partial charge in [-0.2, -0.15) is 0 Å². The Morgan fingerprint density at radius 1 is 1.55 bits per heavy atom. The smallest absolute Gasteiger partial charge is 0.248 e. The van der Waals surface area contributed by atoms with Crippen LogP contribution in [0.25, 0.3) is 0 Å². The van der Waals surface area contributed by atoms with Crippen molar-refractivity contribution in [1.29, 1.82) is 0 Å². The highest BCUT2D eigenvalue weighted by Crippen LogP contribution is 2.47. The van der Waals surface area contributed by atoms with Gasteiger partial charge in [-0.3, -0.25) is 9.59 Å². The van der Waals surface area contributed by atoms with Crippen LogP contribution in [0.3, 0.4) is 0 Å². The first kappa shape index (κ1) is 13.8. The van der Waals surface area contributed by atoms with Crippen molar-refractivity contribution in [2.45, 2.75) is 30.7 Å². The van der Waals surface area contributed by atoms with Crippen LogP contribution < -0.4 is 5.32 Å². The van der Waals surface area contributed by atoms with Crippen LogP contribution in [-0.2, 0) is 9.59 Å². The maximum atomic E-state index is 12.4. The summed E-state index contributed by atoms with van der Waals surface area (Å²) in [6.07, 6.45) is 1.35. The Hall–Kier alpha value is -1.20. The highest BCUT2D eigenvalue weighted by molar-refractivity contribution is 8.01. The van der Waals surface area contributed by atoms with Gasteiger partial charge in [0.15, 0.2) is 0 Å². The third-order valence-electron chi connectivity index (χ3n) is 3.84. The molecule has 106 valence electrons. The number of carbonyl (C=O) groups is 2. The van der Waals surface area contributed by atoms with Crippen molar-refractivity contribution in [3.8, 4) is 0 Å². The molecule has 0 radical (unpaired) electrons. The molecule has 1 aromatic rings. The molecule has 2 atom stereocenters. The maximum Gasteiger partial charge on any atom is 0.248 e. The van der Waals surface area contributed by atoms with Gasteiger partial charge in [0.05, 0.1) is 4.87 Å². The van der Waals surface area contributed by atoms with E-state index >= 15 is 0 Å². The topological polar surface area (TPSA) is 49.4 Å². The molecule has 20 heavy (non-hydrogen) atoms. The first-order valence-electron chi connectivity index (χ1n) is 6.52. The molecule has 2 saturated heterocycles. The van der Waals surface area contributed by atoms with E-state index in [1.807, 2.05) is 6.92 Å². The number of hydrogen-bond donors (Lipinski definition) is 1. The summed E-state index contributed by atoms with van der Waals surface area (Å²) in [4.78, 5) is 25.9. The quantitative estimate of drug-likeness (QED) is 0.914. The number of fused-ring (bicyclic) bond motifs is 1. The molecule has 2 heterocycles. The Morgan fingerprint density at radius 2 is 2.35 bits per heavy atom. The van der Waals surface area contributed by atoms with E-state index in [2.05, 4.69) is 5.32 Å². The van der Waals surface area contributed by atoms with Crippen molar-refractivity contribution >= 4 is 40.9 Å². The molecule has 0 saturated carbocycles. The summed E-state index contributed by atoms with van der Waals surface area (Å²) >= 11 is 7.59. The third kappa shape index (κ3) is 2.29. The first-order valence-corrected chi connectivity index (χ1v) is 7.88. The van der Waals surface area contributed by atoms with Crippen molar-refractivity contribution in [2.75, 3.05) is 11.1 Å². The predicted octanol–water partition coefficient (Wildman–Crippen LogP) is 2.73. The molecule has 0 aliphatic carbocycles. The zero-order chi connectivity index (χ0) is 14.3. The van der Waals surface area contributed by atoms with Crippen molar-refractivity contribution in [3.05, 3.63) is 29.3 Å². The average molecular weight is 311 g/mol. The number of carbonyl (C=O) groups excluding carboxylic acids is 2. The van der Waals surface area contributed by atoms with Crippen LogP contribution in [0.5, 0.6) is 0 Å². The molecule has 1 aromatic carbocycles. The van der Waals surface area contributed by atoms with Gasteiger partial charge in [-0.15, -0.1) is 11.8 Å². The van der Waals surface area contributed by atoms with Gasteiger partial charge < -0.3 is 10.2 Å². The Labute approximate surface area is 126 Å². The van der Waals surface area contributed by atoms with Gasteiger partial charge in [0.1, 0.15) is 6.04 Å². The number of benzene rings is 1. The van der Waals surface area contributed by atoms with Gasteiger partial charge in [-0.1, -0.05) is 17.7 Å². The molecule has 2 aliphatic rings. The molecule has 1 N–H and O–H groups in total. The van der Waals surface area contributed by atoms with Gasteiger partial charge >= 0.3 is 0 Å². The standard InChI is InChI=1S/C14H15ClN2O2S/c1-14-6-5-12(18)17(14)11(8-20-14)13(19)16-10-4-2-3-9(15)7-10/h2-4,7,11H,5-6,8H2,1H3,(H,16,19). The van der Waals surface area contributed by atoms with Crippen LogP contribution in [-0.4, -0.2) is 33.4 Å². The fraction of sp³-hybridized carbons (Fsp3) is 0.429. The fourth-order valence-corrected chi connectivity index (χ4v) is 4.43. The lowest BCUT2D eigenvalue weighted by Crippen LogP contribution is -2.48. The lowest BCUT2D eigenvalue weighted by Gasteiger charge is -2.29. The number of amides is 2. The van der Waals surface area contributed by atoms with E-state index in [0.717, 1.165) is 6.42 Å². The molecule has 2 amide bonds. The van der Waals surface area contributed by atoms with Crippen LogP contribution in [0.2, 0.25) is 5.02 Å². The van der Waals surface area contributed by atoms with E-state index in [1.165, 1.54) is 0 Å². The average Bonchev–Trinajstić information content (AvgIpc) is 2.87. The molecule has 4 nitrogen and oxygen atoms in total. The van der Waals surface area contributed by atoms with Crippen LogP contribution in [0, 0.1) is 0 Å². The molecule has 0 spiro atoms. The molecule has 2 aliphatic heterocycles. The monoisotopic (exact) mass is 310 g/mol. The number of anilines is 1. The number of rotatable bonds is 2. The minimum Gasteiger partial charge on any atom is -0.324 e. The Kier molecular flexibility index (Phi) is 3.42. The highest BCUT2D eigenvalue weighted by atomic mass is 35.5. The first-order chi connectivity index (χ1) is 9.49. The summed E-state index contributed by atoms with van der Waals surface area (Å²) in [6, 6.07) is 6.64. The number of hydrogen-bond acceptors (Lipinski definition) is 3. The van der Waals surface area contributed by atoms with E-state index < -0.39 is 0 Å². The second-order valence-corrected chi connectivity index (χ2v) is 7.20. The fourth-order valence-electron chi connectivity index (χ4n) is 2.81. The Bertz CT molecular complexity index is 580. The Balaban J connectivity index is 1.76. The molecular weight excluding hydrogens is 296 g/mol. The molecule has 3 rings (SSSR count). The van der Waals surface area contributed by atoms with Gasteiger partial charge in [0.2, 0.25) is 11.8 Å². The molecule has 2 fully saturated rings. The summed E-state index contributed by atoms with van der Waals surface area (Å²) < 4.78 is 0. The van der Waals surface area contributed by atoms with Crippen molar-refractivity contribution < 1.29 is 9.59 Å². The predicted molar refractivity (Wildman–Crippen MR) is 80.8 cm³/mol. The number of thioether (sulfide) groups is 1. The summed E-state index contributed by atoms with van der Waals surface area (Å²) in [7, 11) is 0. The van der Waals surface area contributed by atoms with Crippen LogP contribution in [0.4, 0.5) is 5.69 Å². The van der Waals surface area contributed by atoms with Crippen LogP contribution in [0.15, 0.2) is 24.3 Å². The van der Waals surface area contributed by atoms with Crippen molar-refractivity contribution in [2.24, 2.45) is 0 Å². The van der Waals surface area contributed by atoms with Gasteiger partial charge in [-0.05, 0) is 31.5 Å². The van der Waals surface area contributed by atoms with Crippen molar-refractivity contribution in [1.82, 2.24) is 4.90 Å². The number of nitrogens with one attached hydrogen (secondary N) is 1. The second-order valence-electron chi connectivity index (χ2n) is 5.27. The molecular formula is C14H15ClN2O2S. The summed E-state index contributed by atoms with van der Waals surface area (Å²) in [6.45, 7) is 2.04. The van der Waals surface area contributed by atoms with Crippen molar-refractivity contribution in [3.63, 3.8) is 0 Å². The lowest BCUT2D eigenvalue weighted by molar-refractivity contribution is -0.135. The normalized spacial score (nSPS) is 28.6. The third-order valence-corrected chi connectivity index (χ3v) is 5.58. The summed E-state index contributed by atoms with van der Waals surface area (Å²) in [5.41, 5.74) is 0.660. The molecule has 6 heteroatoms. The van der Waals surface area contributed by atoms with E-state index in [4.69, 9.17) is 11.6 Å². The minimum absolute atomic E-state index is 0.0729. The Morgan fingerprint density at radius 3 is 3.10 bits per heavy atom. The van der Waals surface area contributed by atoms with Gasteiger partial charge in [0.25, 0.3) is 0 Å². The SMILES string of the molecule is CC12CCC(=O)N1C(C(=O)Nc1cccc(Cl)c1)CS2. The lowest BCUT2D eigenvalue weighted by atomic mass is 10.2. The largest absolute Gasteiger partial charge is 0.324 e. The zero-order valence-electron chi connectivity index (χ0n) is 11.1. The van der Waals surface area contributed by atoms with Gasteiger partial charge in [0, 0.05) is 22.9 Å². The van der Waals surface area contributed by atoms with Crippen LogP contribution in [0.1, 0.15) is 19.8 Å². The summed E-state index contributed by atoms with van der Waals surface area (Å²) in [5, 5.41) is 3.42. The van der Waals surface area contributed by atoms with E-state index in [1.54, 1.807) is 40.9 Å². The highest BCUT2D eigenvalue weighted by Gasteiger charge is 2.52. The zero-order valence-corrected chi connectivity index (χ0v) is 12.6. The van der Waals surface area contributed by atoms with E-state index in [9.17, 15) is 9.59 Å². The van der Waals surface area contributed by atoms with Gasteiger partial charge in [-0.25, -0.2) is 0 Å². The number of halogens is 1. The minimum atomic E-state index is -0.390. The van der Waals surface area contributed by atoms with Crippen LogP contribution >= 0.6 is 23.4 Å². The number of nitrogens with zero attached hydrogens (tertiary/aromatic N) is 1. The summed E-state index contributed by atoms with van der Waals surface area (Å²) in [5.74, 6) is 0.580. The van der Waals surface area contributed by atoms with E-state index in [-0.39, 0.29) is 22.7 Å². The molecule has 0 aromatic heterocycles. The second kappa shape index (κ2) is 4.97. The van der Waals surface area contributed by atoms with E-state index in [0.29, 0.717) is 22.9 Å². The maximum absolute atomic E-state index is 12.4. The molecule has 0 bridgehead atoms. The molecule has 2 unspecified atom stereocenters.